The van der Waals surface area contributed by atoms with E-state index in [1.54, 1.807) is 0 Å². The van der Waals surface area contributed by atoms with Crippen LogP contribution in [0.5, 0.6) is 0 Å². The Hall–Kier alpha value is -8.98. The highest BCUT2D eigenvalue weighted by molar-refractivity contribution is 5.99. The van der Waals surface area contributed by atoms with Crippen molar-refractivity contribution in [2.75, 3.05) is 9.80 Å². The van der Waals surface area contributed by atoms with Gasteiger partial charge in [0.15, 0.2) is 0 Å². The number of para-hydroxylation sites is 2. The summed E-state index contributed by atoms with van der Waals surface area (Å²) in [7, 11) is 0. The SMILES string of the molecule is Cc1ccccc1-c1ccc(N(c2ccccc2)c2cc(-c3cc(C(C)(C)C)cc4c3-c3ccc(C(C)(C)C)cc3C4(c3ccccc3)c3ccccc3)cc(N(c3ccccc3)c3ccc(-c4ccccc4)cc3)c2)cc1. The maximum absolute atomic E-state index is 2.55. The summed E-state index contributed by atoms with van der Waals surface area (Å²) in [4.78, 5) is 4.87. The van der Waals surface area contributed by atoms with Crippen molar-refractivity contribution in [2.45, 2.75) is 64.7 Å². The van der Waals surface area contributed by atoms with Crippen LogP contribution in [-0.4, -0.2) is 0 Å². The van der Waals surface area contributed by atoms with Gasteiger partial charge in [0.2, 0.25) is 0 Å². The van der Waals surface area contributed by atoms with E-state index in [9.17, 15) is 0 Å². The van der Waals surface area contributed by atoms with Gasteiger partial charge >= 0.3 is 0 Å². The summed E-state index contributed by atoms with van der Waals surface area (Å²) in [5.74, 6) is 0. The molecule has 0 fully saturated rings. The second-order valence-corrected chi connectivity index (χ2v) is 23.0. The molecule has 0 saturated carbocycles. The van der Waals surface area contributed by atoms with Crippen LogP contribution >= 0.6 is 0 Å². The first kappa shape index (κ1) is 49.9. The maximum Gasteiger partial charge on any atom is 0.0713 e. The Morgan fingerprint density at radius 2 is 0.705 bits per heavy atom. The lowest BCUT2D eigenvalue weighted by molar-refractivity contribution is 0.586. The van der Waals surface area contributed by atoms with Crippen LogP contribution in [0.25, 0.3) is 44.5 Å². The fourth-order valence-electron chi connectivity index (χ4n) is 11.9. The average molecular weight is 1010 g/mol. The number of benzene rings is 11. The monoisotopic (exact) mass is 1010 g/mol. The molecule has 1 aliphatic rings. The summed E-state index contributed by atoms with van der Waals surface area (Å²) < 4.78 is 0. The van der Waals surface area contributed by atoms with Gasteiger partial charge in [0.05, 0.1) is 5.41 Å². The number of fused-ring (bicyclic) bond motifs is 3. The van der Waals surface area contributed by atoms with E-state index in [1.807, 2.05) is 0 Å². The standard InChI is InChI=1S/C76H66N2/c1-53-25-23-24-36-68(53)56-39-44-65(45-40-56)78(63-34-21-12-22-35-63)67-48-57(47-66(52-67)77(62-32-19-11-20-33-62)64-42-37-55(38-43-64)54-26-13-8-14-27-54)70-49-61(75(5,6)7)51-72-73(70)69-46-41-60(74(2,3)4)50-71(69)76(72,58-28-15-9-16-29-58)59-30-17-10-18-31-59/h8-52H,1-7H3. The number of aryl methyl sites for hydroxylation is 1. The molecule has 0 aliphatic heterocycles. The van der Waals surface area contributed by atoms with Gasteiger partial charge < -0.3 is 9.80 Å². The lowest BCUT2D eigenvalue weighted by Crippen LogP contribution is -2.29. The molecule has 0 N–H and O–H groups in total. The van der Waals surface area contributed by atoms with Gasteiger partial charge in [-0.2, -0.15) is 0 Å². The van der Waals surface area contributed by atoms with E-state index in [4.69, 9.17) is 0 Å². The third-order valence-electron chi connectivity index (χ3n) is 16.0. The third kappa shape index (κ3) is 9.11. The molecule has 0 radical (unpaired) electrons. The first-order chi connectivity index (χ1) is 37.9. The average Bonchev–Trinajstić information content (AvgIpc) is 3.09. The molecule has 78 heavy (non-hydrogen) atoms. The molecule has 12 rings (SSSR count). The molecule has 1 aliphatic carbocycles. The highest BCUT2D eigenvalue weighted by atomic mass is 15.2. The summed E-state index contributed by atoms with van der Waals surface area (Å²) in [5, 5.41) is 0. The summed E-state index contributed by atoms with van der Waals surface area (Å²) >= 11 is 0. The number of hydrogen-bond acceptors (Lipinski definition) is 2. The summed E-state index contributed by atoms with van der Waals surface area (Å²) in [6, 6.07) is 101. The van der Waals surface area contributed by atoms with Crippen molar-refractivity contribution < 1.29 is 0 Å². The first-order valence-electron chi connectivity index (χ1n) is 27.5. The van der Waals surface area contributed by atoms with Crippen LogP contribution in [0.15, 0.2) is 273 Å². The van der Waals surface area contributed by atoms with Crippen LogP contribution in [0.3, 0.4) is 0 Å². The molecule has 11 aromatic carbocycles. The van der Waals surface area contributed by atoms with E-state index in [0.717, 1.165) is 39.7 Å². The molecule has 0 heterocycles. The molecule has 11 aromatic rings. The predicted molar refractivity (Wildman–Crippen MR) is 332 cm³/mol. The van der Waals surface area contributed by atoms with Gasteiger partial charge in [0.1, 0.15) is 0 Å². The fraction of sp³-hybridized carbons (Fsp3) is 0.132. The van der Waals surface area contributed by atoms with Gasteiger partial charge in [0, 0.05) is 34.1 Å². The van der Waals surface area contributed by atoms with Crippen molar-refractivity contribution >= 4 is 34.1 Å². The van der Waals surface area contributed by atoms with Crippen LogP contribution in [0.4, 0.5) is 34.1 Å². The number of rotatable bonds is 11. The quantitative estimate of drug-likeness (QED) is 0.127. The minimum Gasteiger partial charge on any atom is -0.310 e. The molecule has 0 saturated heterocycles. The van der Waals surface area contributed by atoms with Gasteiger partial charge in [-0.15, -0.1) is 0 Å². The van der Waals surface area contributed by atoms with E-state index < -0.39 is 5.41 Å². The Labute approximate surface area is 462 Å². The molecule has 0 aromatic heterocycles. The van der Waals surface area contributed by atoms with Crippen LogP contribution < -0.4 is 9.80 Å². The van der Waals surface area contributed by atoms with Crippen molar-refractivity contribution in [3.63, 3.8) is 0 Å². The van der Waals surface area contributed by atoms with E-state index in [-0.39, 0.29) is 10.8 Å². The Balaban J connectivity index is 1.18. The van der Waals surface area contributed by atoms with E-state index >= 15 is 0 Å². The van der Waals surface area contributed by atoms with Gasteiger partial charge in [-0.25, -0.2) is 0 Å². The topological polar surface area (TPSA) is 6.48 Å². The summed E-state index contributed by atoms with van der Waals surface area (Å²) in [6.45, 7) is 16.3. The smallest absolute Gasteiger partial charge is 0.0713 e. The zero-order chi connectivity index (χ0) is 53.6. The Morgan fingerprint density at radius 1 is 0.282 bits per heavy atom. The highest BCUT2D eigenvalue weighted by Crippen LogP contribution is 2.60. The van der Waals surface area contributed by atoms with Crippen LogP contribution in [0, 0.1) is 6.92 Å². The van der Waals surface area contributed by atoms with E-state index in [2.05, 4.69) is 331 Å². The summed E-state index contributed by atoms with van der Waals surface area (Å²) in [6.07, 6.45) is 0. The van der Waals surface area contributed by atoms with Crippen molar-refractivity contribution in [2.24, 2.45) is 0 Å². The molecular formula is C76H66N2. The second kappa shape index (κ2) is 20.2. The van der Waals surface area contributed by atoms with Crippen LogP contribution in [-0.2, 0) is 16.2 Å². The van der Waals surface area contributed by atoms with Crippen molar-refractivity contribution in [1.29, 1.82) is 0 Å². The molecule has 2 nitrogen and oxygen atoms in total. The minimum absolute atomic E-state index is 0.0786. The van der Waals surface area contributed by atoms with Gasteiger partial charge in [-0.05, 0) is 174 Å². The predicted octanol–water partition coefficient (Wildman–Crippen LogP) is 20.9. The zero-order valence-electron chi connectivity index (χ0n) is 45.9. The Kier molecular flexibility index (Phi) is 12.9. The lowest BCUT2D eigenvalue weighted by Gasteiger charge is -2.36. The molecule has 380 valence electrons. The van der Waals surface area contributed by atoms with Crippen molar-refractivity contribution in [3.05, 3.63) is 312 Å². The second-order valence-electron chi connectivity index (χ2n) is 23.0. The van der Waals surface area contributed by atoms with Crippen LogP contribution in [0.2, 0.25) is 0 Å². The molecule has 0 spiro atoms. The minimum atomic E-state index is -0.615. The van der Waals surface area contributed by atoms with Gasteiger partial charge in [-0.3, -0.25) is 0 Å². The molecule has 0 atom stereocenters. The molecule has 0 bridgehead atoms. The maximum atomic E-state index is 2.55. The van der Waals surface area contributed by atoms with Crippen molar-refractivity contribution in [3.8, 4) is 44.5 Å². The van der Waals surface area contributed by atoms with Gasteiger partial charge in [0.25, 0.3) is 0 Å². The molecule has 2 heteroatoms. The normalized spacial score (nSPS) is 12.7. The molecular weight excluding hydrogens is 941 g/mol. The van der Waals surface area contributed by atoms with Crippen molar-refractivity contribution in [1.82, 2.24) is 0 Å². The largest absolute Gasteiger partial charge is 0.310 e. The zero-order valence-corrected chi connectivity index (χ0v) is 45.9. The molecule has 0 unspecified atom stereocenters. The number of nitrogens with zero attached hydrogens (tertiary/aromatic N) is 2. The summed E-state index contributed by atoms with van der Waals surface area (Å²) in [5.41, 5.74) is 24.1. The highest BCUT2D eigenvalue weighted by Gasteiger charge is 2.48. The van der Waals surface area contributed by atoms with E-state index in [1.165, 1.54) is 77.9 Å². The number of anilines is 6. The molecule has 0 amide bonds. The van der Waals surface area contributed by atoms with Crippen LogP contribution in [0.1, 0.15) is 80.5 Å². The number of hydrogen-bond donors (Lipinski definition) is 0. The lowest BCUT2D eigenvalue weighted by atomic mass is 9.66. The Bertz CT molecular complexity index is 3850. The third-order valence-corrected chi connectivity index (χ3v) is 16.0. The first-order valence-corrected chi connectivity index (χ1v) is 27.5. The van der Waals surface area contributed by atoms with E-state index in [0.29, 0.717) is 0 Å². The Morgan fingerprint density at radius 3 is 1.21 bits per heavy atom. The fourth-order valence-corrected chi connectivity index (χ4v) is 11.9. The van der Waals surface area contributed by atoms with Gasteiger partial charge in [-0.1, -0.05) is 242 Å².